The Kier molecular flexibility index (Phi) is 7.91. The maximum atomic E-state index is 13.5. The van der Waals surface area contributed by atoms with Crippen LogP contribution in [0.25, 0.3) is 0 Å². The lowest BCUT2D eigenvalue weighted by molar-refractivity contribution is -0.159. The molecule has 0 rings (SSSR count). The lowest BCUT2D eigenvalue weighted by Gasteiger charge is -2.32. The van der Waals surface area contributed by atoms with E-state index in [9.17, 15) is 23.2 Å². The minimum Gasteiger partial charge on any atom is -0.481 e. The van der Waals surface area contributed by atoms with Crippen molar-refractivity contribution in [3.63, 3.8) is 0 Å². The first-order valence-corrected chi connectivity index (χ1v) is 7.13. The Morgan fingerprint density at radius 1 is 1.22 bits per heavy atom. The van der Waals surface area contributed by atoms with Crippen molar-refractivity contribution in [1.82, 2.24) is 5.32 Å². The Hall–Kier alpha value is -1.93. The maximum Gasteiger partial charge on any atom is 0.408 e. The molecule has 0 aliphatic rings. The smallest absolute Gasteiger partial charge is 0.408 e. The molecule has 0 fully saturated rings. The molecule has 0 radical (unpaired) electrons. The largest absolute Gasteiger partial charge is 0.481 e. The standard InChI is InChI=1S/C14H23F2NO6/c1-5-22-11(20)14(10(15)16,8-6-7-9(18)19)17-12(21)23-13(2,3)4/h10H,5-8H2,1-4H3,(H,17,21)(H,18,19). The van der Waals surface area contributed by atoms with Crippen molar-refractivity contribution in [2.75, 3.05) is 6.61 Å². The third-order valence-electron chi connectivity index (χ3n) is 2.70. The van der Waals surface area contributed by atoms with Crippen LogP contribution in [0.15, 0.2) is 0 Å². The van der Waals surface area contributed by atoms with E-state index in [-0.39, 0.29) is 13.0 Å². The van der Waals surface area contributed by atoms with Crippen molar-refractivity contribution >= 4 is 18.0 Å². The van der Waals surface area contributed by atoms with Crippen molar-refractivity contribution in [3.8, 4) is 0 Å². The molecule has 0 aliphatic carbocycles. The van der Waals surface area contributed by atoms with Gasteiger partial charge in [-0.3, -0.25) is 4.79 Å². The number of amides is 1. The highest BCUT2D eigenvalue weighted by atomic mass is 19.3. The van der Waals surface area contributed by atoms with Gasteiger partial charge in [0.05, 0.1) is 6.61 Å². The number of carboxylic acids is 1. The second kappa shape index (κ2) is 8.64. The number of hydrogen-bond donors (Lipinski definition) is 2. The first-order valence-electron chi connectivity index (χ1n) is 7.13. The number of alkyl carbamates (subject to hydrolysis) is 1. The second-order valence-electron chi connectivity index (χ2n) is 5.87. The van der Waals surface area contributed by atoms with E-state index in [0.29, 0.717) is 0 Å². The van der Waals surface area contributed by atoms with Gasteiger partial charge in [-0.2, -0.15) is 0 Å². The zero-order valence-electron chi connectivity index (χ0n) is 13.7. The van der Waals surface area contributed by atoms with E-state index in [1.54, 1.807) is 0 Å². The topological polar surface area (TPSA) is 102 Å². The van der Waals surface area contributed by atoms with Crippen LogP contribution in [0.3, 0.4) is 0 Å². The number of rotatable bonds is 8. The minimum atomic E-state index is -3.29. The number of halogens is 2. The molecule has 23 heavy (non-hydrogen) atoms. The highest BCUT2D eigenvalue weighted by Gasteiger charge is 2.50. The summed E-state index contributed by atoms with van der Waals surface area (Å²) in [5.41, 5.74) is -3.60. The third-order valence-corrected chi connectivity index (χ3v) is 2.70. The van der Waals surface area contributed by atoms with Gasteiger partial charge in [-0.15, -0.1) is 0 Å². The van der Waals surface area contributed by atoms with Gasteiger partial charge in [0.2, 0.25) is 5.54 Å². The molecule has 0 aromatic heterocycles. The van der Waals surface area contributed by atoms with Crippen LogP contribution in [-0.2, 0) is 19.1 Å². The van der Waals surface area contributed by atoms with Crippen LogP contribution in [0.4, 0.5) is 13.6 Å². The van der Waals surface area contributed by atoms with Crippen molar-refractivity contribution in [3.05, 3.63) is 0 Å². The molecule has 0 saturated heterocycles. The van der Waals surface area contributed by atoms with Gasteiger partial charge in [-0.25, -0.2) is 18.4 Å². The fraction of sp³-hybridized carbons (Fsp3) is 0.786. The number of alkyl halides is 2. The number of esters is 1. The molecule has 7 nitrogen and oxygen atoms in total. The summed E-state index contributed by atoms with van der Waals surface area (Å²) in [5, 5.41) is 10.5. The van der Waals surface area contributed by atoms with E-state index < -0.39 is 48.4 Å². The molecule has 9 heteroatoms. The Bertz CT molecular complexity index is 435. The van der Waals surface area contributed by atoms with E-state index in [0.717, 1.165) is 0 Å². The Morgan fingerprint density at radius 2 is 1.78 bits per heavy atom. The summed E-state index contributed by atoms with van der Waals surface area (Å²) in [4.78, 5) is 34.3. The summed E-state index contributed by atoms with van der Waals surface area (Å²) in [6.07, 6.45) is -5.75. The summed E-state index contributed by atoms with van der Waals surface area (Å²) in [6, 6.07) is 0. The minimum absolute atomic E-state index is 0.164. The van der Waals surface area contributed by atoms with Gasteiger partial charge in [-0.1, -0.05) is 0 Å². The summed E-state index contributed by atoms with van der Waals surface area (Å²) in [6.45, 7) is 5.86. The van der Waals surface area contributed by atoms with E-state index in [4.69, 9.17) is 9.84 Å². The number of aliphatic carboxylic acids is 1. The van der Waals surface area contributed by atoms with Crippen molar-refractivity contribution in [2.24, 2.45) is 0 Å². The SMILES string of the molecule is CCOC(=O)C(CCCC(=O)O)(NC(=O)OC(C)(C)C)C(F)F. The predicted octanol–water partition coefficient (Wildman–Crippen LogP) is 2.33. The van der Waals surface area contributed by atoms with Crippen LogP contribution < -0.4 is 5.32 Å². The average molecular weight is 339 g/mol. The van der Waals surface area contributed by atoms with Gasteiger partial charge >= 0.3 is 18.0 Å². The van der Waals surface area contributed by atoms with Gasteiger partial charge in [-0.05, 0) is 40.5 Å². The van der Waals surface area contributed by atoms with Crippen LogP contribution in [0, 0.1) is 0 Å². The second-order valence-corrected chi connectivity index (χ2v) is 5.87. The number of carbonyl (C=O) groups is 3. The third kappa shape index (κ3) is 7.25. The molecule has 134 valence electrons. The van der Waals surface area contributed by atoms with E-state index >= 15 is 0 Å². The molecule has 1 amide bonds. The van der Waals surface area contributed by atoms with Crippen LogP contribution in [-0.4, -0.2) is 47.3 Å². The normalized spacial score (nSPS) is 14.0. The van der Waals surface area contributed by atoms with Crippen molar-refractivity contribution in [2.45, 2.75) is 64.5 Å². The fourth-order valence-electron chi connectivity index (χ4n) is 1.73. The molecule has 0 aromatic carbocycles. The zero-order valence-corrected chi connectivity index (χ0v) is 13.7. The molecular formula is C14H23F2NO6. The van der Waals surface area contributed by atoms with Gasteiger partial charge in [0, 0.05) is 6.42 Å². The van der Waals surface area contributed by atoms with Crippen molar-refractivity contribution in [1.29, 1.82) is 0 Å². The molecule has 0 heterocycles. The maximum absolute atomic E-state index is 13.5. The number of carbonyl (C=O) groups excluding carboxylic acids is 2. The predicted molar refractivity (Wildman–Crippen MR) is 76.2 cm³/mol. The van der Waals surface area contributed by atoms with E-state index in [1.165, 1.54) is 27.7 Å². The van der Waals surface area contributed by atoms with Crippen LogP contribution in [0.2, 0.25) is 0 Å². The number of ether oxygens (including phenoxy) is 2. The van der Waals surface area contributed by atoms with Crippen LogP contribution >= 0.6 is 0 Å². The van der Waals surface area contributed by atoms with Gasteiger partial charge in [0.1, 0.15) is 5.60 Å². The van der Waals surface area contributed by atoms with Crippen LogP contribution in [0.1, 0.15) is 47.0 Å². The highest BCUT2D eigenvalue weighted by Crippen LogP contribution is 2.26. The summed E-state index contributed by atoms with van der Waals surface area (Å²) < 4.78 is 36.6. The lowest BCUT2D eigenvalue weighted by atomic mass is 9.93. The quantitative estimate of drug-likeness (QED) is 0.658. The summed E-state index contributed by atoms with van der Waals surface area (Å²) in [7, 11) is 0. The molecular weight excluding hydrogens is 316 g/mol. The number of carboxylic acid groups (broad SMARTS) is 1. The first kappa shape index (κ1) is 21.1. The first-order chi connectivity index (χ1) is 10.4. The highest BCUT2D eigenvalue weighted by molar-refractivity contribution is 5.86. The van der Waals surface area contributed by atoms with E-state index in [1.807, 2.05) is 5.32 Å². The molecule has 0 spiro atoms. The molecule has 0 aliphatic heterocycles. The zero-order chi connectivity index (χ0) is 18.3. The Labute approximate surface area is 133 Å². The molecule has 1 atom stereocenters. The monoisotopic (exact) mass is 339 g/mol. The summed E-state index contributed by atoms with van der Waals surface area (Å²) in [5.74, 6) is -2.53. The van der Waals surface area contributed by atoms with Gasteiger partial charge < -0.3 is 19.9 Å². The fourth-order valence-corrected chi connectivity index (χ4v) is 1.73. The molecule has 0 aromatic rings. The van der Waals surface area contributed by atoms with E-state index in [2.05, 4.69) is 4.74 Å². The van der Waals surface area contributed by atoms with Gasteiger partial charge in [0.15, 0.2) is 0 Å². The number of nitrogens with one attached hydrogen (secondary N) is 1. The van der Waals surface area contributed by atoms with Crippen LogP contribution in [0.5, 0.6) is 0 Å². The average Bonchev–Trinajstić information content (AvgIpc) is 2.34. The Morgan fingerprint density at radius 3 is 2.17 bits per heavy atom. The number of hydrogen-bond acceptors (Lipinski definition) is 5. The van der Waals surface area contributed by atoms with Gasteiger partial charge in [0.25, 0.3) is 6.43 Å². The Balaban J connectivity index is 5.33. The lowest BCUT2D eigenvalue weighted by Crippen LogP contribution is -2.61. The molecule has 0 saturated carbocycles. The molecule has 1 unspecified atom stereocenters. The molecule has 2 N–H and O–H groups in total. The molecule has 0 bridgehead atoms. The van der Waals surface area contributed by atoms with Crippen molar-refractivity contribution < 1.29 is 37.7 Å². The summed E-state index contributed by atoms with van der Waals surface area (Å²) >= 11 is 0.